The monoisotopic (exact) mass is 256 g/mol. The van der Waals surface area contributed by atoms with E-state index in [2.05, 4.69) is 10.6 Å². The van der Waals surface area contributed by atoms with E-state index >= 15 is 0 Å². The first-order valence-corrected chi connectivity index (χ1v) is 7.45. The highest BCUT2D eigenvalue weighted by molar-refractivity contribution is 4.79. The summed E-state index contributed by atoms with van der Waals surface area (Å²) < 4.78 is 5.38. The third kappa shape index (κ3) is 4.50. The van der Waals surface area contributed by atoms with Crippen LogP contribution in [0.25, 0.3) is 0 Å². The largest absolute Gasteiger partial charge is 0.393 e. The highest BCUT2D eigenvalue weighted by atomic mass is 16.5. The van der Waals surface area contributed by atoms with Crippen LogP contribution >= 0.6 is 0 Å². The number of rotatable bonds is 5. The predicted molar refractivity (Wildman–Crippen MR) is 72.5 cm³/mol. The van der Waals surface area contributed by atoms with Gasteiger partial charge in [0.1, 0.15) is 0 Å². The minimum absolute atomic E-state index is 0.0552. The summed E-state index contributed by atoms with van der Waals surface area (Å²) in [7, 11) is 1.82. The second kappa shape index (κ2) is 7.43. The molecule has 0 bridgehead atoms. The minimum Gasteiger partial charge on any atom is -0.393 e. The van der Waals surface area contributed by atoms with Crippen molar-refractivity contribution in [1.82, 2.24) is 10.6 Å². The fourth-order valence-corrected chi connectivity index (χ4v) is 3.13. The number of aliphatic hydroxyl groups excluding tert-OH is 1. The van der Waals surface area contributed by atoms with Crippen LogP contribution in [-0.4, -0.2) is 43.2 Å². The number of aliphatic hydroxyl groups is 1. The molecule has 2 aliphatic rings. The van der Waals surface area contributed by atoms with Gasteiger partial charge in [-0.2, -0.15) is 0 Å². The molecule has 0 spiro atoms. The molecule has 3 N–H and O–H groups in total. The van der Waals surface area contributed by atoms with Gasteiger partial charge in [0.25, 0.3) is 0 Å². The molecular weight excluding hydrogens is 228 g/mol. The Bertz CT molecular complexity index is 222. The van der Waals surface area contributed by atoms with Gasteiger partial charge in [-0.15, -0.1) is 0 Å². The normalized spacial score (nSPS) is 37.7. The third-order valence-electron chi connectivity index (χ3n) is 4.49. The molecule has 2 fully saturated rings. The van der Waals surface area contributed by atoms with Crippen molar-refractivity contribution >= 4 is 0 Å². The van der Waals surface area contributed by atoms with Gasteiger partial charge in [0.15, 0.2) is 0 Å². The number of ether oxygens (including phenoxy) is 1. The van der Waals surface area contributed by atoms with E-state index in [1.54, 1.807) is 0 Å². The molecule has 0 saturated heterocycles. The van der Waals surface area contributed by atoms with Crippen molar-refractivity contribution in [3.05, 3.63) is 0 Å². The average Bonchev–Trinajstić information content (AvgIpc) is 2.42. The maximum atomic E-state index is 9.45. The fourth-order valence-electron chi connectivity index (χ4n) is 3.13. The fraction of sp³-hybridized carbons (Fsp3) is 1.00. The maximum Gasteiger partial charge on any atom is 0.0572 e. The first kappa shape index (κ1) is 14.3. The smallest absolute Gasteiger partial charge is 0.0572 e. The molecule has 4 heteroatoms. The second-order valence-corrected chi connectivity index (χ2v) is 5.80. The Morgan fingerprint density at radius 1 is 0.889 bits per heavy atom. The standard InChI is InChI=1S/C14H28N2O2/c1-18-14-8-4-12(5-9-14)16-10-15-11-2-6-13(17)7-3-11/h11-17H,2-10H2,1H3. The van der Waals surface area contributed by atoms with Gasteiger partial charge in [0, 0.05) is 25.9 Å². The lowest BCUT2D eigenvalue weighted by Gasteiger charge is -2.30. The van der Waals surface area contributed by atoms with E-state index in [0.717, 1.165) is 32.4 Å². The van der Waals surface area contributed by atoms with Gasteiger partial charge in [-0.3, -0.25) is 0 Å². The average molecular weight is 256 g/mol. The van der Waals surface area contributed by atoms with Crippen LogP contribution in [0, 0.1) is 0 Å². The van der Waals surface area contributed by atoms with E-state index in [4.69, 9.17) is 4.74 Å². The molecule has 2 rings (SSSR count). The van der Waals surface area contributed by atoms with E-state index in [9.17, 15) is 5.11 Å². The number of nitrogens with one attached hydrogen (secondary N) is 2. The van der Waals surface area contributed by atoms with Crippen molar-refractivity contribution in [2.24, 2.45) is 0 Å². The van der Waals surface area contributed by atoms with E-state index in [1.807, 2.05) is 7.11 Å². The zero-order chi connectivity index (χ0) is 12.8. The Morgan fingerprint density at radius 2 is 1.39 bits per heavy atom. The van der Waals surface area contributed by atoms with Crippen LogP contribution in [-0.2, 0) is 4.74 Å². The topological polar surface area (TPSA) is 53.5 Å². The third-order valence-corrected chi connectivity index (χ3v) is 4.49. The van der Waals surface area contributed by atoms with Crippen LogP contribution in [0.1, 0.15) is 51.4 Å². The van der Waals surface area contributed by atoms with E-state index in [-0.39, 0.29) is 6.10 Å². The summed E-state index contributed by atoms with van der Waals surface area (Å²) in [4.78, 5) is 0. The highest BCUT2D eigenvalue weighted by Gasteiger charge is 2.21. The molecule has 2 saturated carbocycles. The first-order chi connectivity index (χ1) is 8.78. The molecule has 0 unspecified atom stereocenters. The molecule has 18 heavy (non-hydrogen) atoms. The van der Waals surface area contributed by atoms with Crippen molar-refractivity contribution in [3.63, 3.8) is 0 Å². The van der Waals surface area contributed by atoms with Gasteiger partial charge in [-0.05, 0) is 51.4 Å². The summed E-state index contributed by atoms with van der Waals surface area (Å²) in [5, 5.41) is 16.6. The van der Waals surface area contributed by atoms with Crippen molar-refractivity contribution in [2.45, 2.75) is 75.7 Å². The highest BCUT2D eigenvalue weighted by Crippen LogP contribution is 2.21. The Morgan fingerprint density at radius 3 is 1.89 bits per heavy atom. The zero-order valence-corrected chi connectivity index (χ0v) is 11.5. The Hall–Kier alpha value is -0.160. The van der Waals surface area contributed by atoms with Gasteiger partial charge in [0.2, 0.25) is 0 Å². The number of hydrogen-bond acceptors (Lipinski definition) is 4. The van der Waals surface area contributed by atoms with E-state index in [1.165, 1.54) is 25.7 Å². The summed E-state index contributed by atoms with van der Waals surface area (Å²) >= 11 is 0. The number of methoxy groups -OCH3 is 1. The van der Waals surface area contributed by atoms with Crippen LogP contribution in [0.5, 0.6) is 0 Å². The Balaban J connectivity index is 1.53. The molecule has 4 nitrogen and oxygen atoms in total. The Labute approximate surface area is 110 Å². The minimum atomic E-state index is -0.0552. The van der Waals surface area contributed by atoms with Crippen molar-refractivity contribution in [2.75, 3.05) is 13.8 Å². The molecule has 0 atom stereocenters. The molecule has 0 radical (unpaired) electrons. The molecule has 0 aromatic heterocycles. The van der Waals surface area contributed by atoms with Gasteiger partial charge in [-0.1, -0.05) is 0 Å². The second-order valence-electron chi connectivity index (χ2n) is 5.80. The van der Waals surface area contributed by atoms with Crippen LogP contribution in [0.3, 0.4) is 0 Å². The summed E-state index contributed by atoms with van der Waals surface area (Å²) in [6, 6.07) is 1.24. The van der Waals surface area contributed by atoms with Gasteiger partial charge >= 0.3 is 0 Å². The molecule has 2 aliphatic carbocycles. The first-order valence-electron chi connectivity index (χ1n) is 7.45. The molecule has 0 aromatic rings. The summed E-state index contributed by atoms with van der Waals surface area (Å²) in [6.45, 7) is 0.906. The van der Waals surface area contributed by atoms with Crippen molar-refractivity contribution < 1.29 is 9.84 Å². The summed E-state index contributed by atoms with van der Waals surface area (Å²) in [6.07, 6.45) is 9.38. The van der Waals surface area contributed by atoms with Crippen LogP contribution in [0.15, 0.2) is 0 Å². The van der Waals surface area contributed by atoms with Crippen molar-refractivity contribution in [1.29, 1.82) is 0 Å². The van der Waals surface area contributed by atoms with E-state index in [0.29, 0.717) is 18.2 Å². The zero-order valence-electron chi connectivity index (χ0n) is 11.5. The maximum absolute atomic E-state index is 9.45. The molecule has 106 valence electrons. The van der Waals surface area contributed by atoms with Crippen LogP contribution in [0.4, 0.5) is 0 Å². The SMILES string of the molecule is COC1CCC(NCNC2CCC(O)CC2)CC1. The van der Waals surface area contributed by atoms with Gasteiger partial charge in [0.05, 0.1) is 12.2 Å². The van der Waals surface area contributed by atoms with Gasteiger partial charge < -0.3 is 20.5 Å². The van der Waals surface area contributed by atoms with Crippen molar-refractivity contribution in [3.8, 4) is 0 Å². The molecule has 0 amide bonds. The van der Waals surface area contributed by atoms with Crippen LogP contribution < -0.4 is 10.6 Å². The Kier molecular flexibility index (Phi) is 5.89. The quantitative estimate of drug-likeness (QED) is 0.651. The molecule has 0 aromatic carbocycles. The molecule has 0 heterocycles. The lowest BCUT2D eigenvalue weighted by Crippen LogP contribution is -2.44. The predicted octanol–water partition coefficient (Wildman–Crippen LogP) is 1.38. The lowest BCUT2D eigenvalue weighted by molar-refractivity contribution is 0.0619. The van der Waals surface area contributed by atoms with Gasteiger partial charge in [-0.25, -0.2) is 0 Å². The molecular formula is C14H28N2O2. The van der Waals surface area contributed by atoms with E-state index < -0.39 is 0 Å². The number of hydrogen-bond donors (Lipinski definition) is 3. The van der Waals surface area contributed by atoms with Crippen LogP contribution in [0.2, 0.25) is 0 Å². The lowest BCUT2D eigenvalue weighted by atomic mass is 9.92. The summed E-state index contributed by atoms with van der Waals surface area (Å²) in [5.74, 6) is 0. The summed E-state index contributed by atoms with van der Waals surface area (Å²) in [5.41, 5.74) is 0. The molecule has 0 aliphatic heterocycles.